The van der Waals surface area contributed by atoms with Crippen molar-refractivity contribution in [3.05, 3.63) is 86.6 Å². The quantitative estimate of drug-likeness (QED) is 0.423. The minimum atomic E-state index is -3.60. The molecule has 3 aromatic rings. The summed E-state index contributed by atoms with van der Waals surface area (Å²) >= 11 is 7.91. The van der Waals surface area contributed by atoms with Crippen molar-refractivity contribution in [1.29, 1.82) is 0 Å². The molecule has 0 saturated carbocycles. The molecule has 202 valence electrons. The molecule has 6 nitrogen and oxygen atoms in total. The van der Waals surface area contributed by atoms with Crippen molar-refractivity contribution in [3.8, 4) is 0 Å². The van der Waals surface area contributed by atoms with Gasteiger partial charge in [0.25, 0.3) is 0 Å². The zero-order valence-corrected chi connectivity index (χ0v) is 24.5. The number of piperazine rings is 1. The van der Waals surface area contributed by atoms with Gasteiger partial charge in [-0.2, -0.15) is 4.31 Å². The van der Waals surface area contributed by atoms with E-state index in [-0.39, 0.29) is 17.4 Å². The van der Waals surface area contributed by atoms with E-state index >= 15 is 0 Å². The molecule has 38 heavy (non-hydrogen) atoms. The first-order valence-corrected chi connectivity index (χ1v) is 15.7. The highest BCUT2D eigenvalue weighted by atomic mass is 35.5. The summed E-state index contributed by atoms with van der Waals surface area (Å²) in [6.07, 6.45) is 0.921. The maximum atomic E-state index is 13.4. The van der Waals surface area contributed by atoms with E-state index in [9.17, 15) is 13.2 Å². The van der Waals surface area contributed by atoms with Crippen LogP contribution in [0.4, 0.5) is 0 Å². The van der Waals surface area contributed by atoms with Crippen LogP contribution < -0.4 is 0 Å². The molecule has 9 heteroatoms. The van der Waals surface area contributed by atoms with Crippen molar-refractivity contribution in [2.24, 2.45) is 0 Å². The number of thiophene rings is 1. The number of carbonyl (C=O) groups excluding carboxylic acids is 1. The molecule has 1 amide bonds. The third-order valence-corrected chi connectivity index (χ3v) is 10.7. The van der Waals surface area contributed by atoms with Gasteiger partial charge in [0.05, 0.1) is 17.5 Å². The van der Waals surface area contributed by atoms with Crippen LogP contribution in [0.1, 0.15) is 48.4 Å². The molecule has 2 aliphatic rings. The van der Waals surface area contributed by atoms with Gasteiger partial charge in [-0.25, -0.2) is 8.42 Å². The Bertz CT molecular complexity index is 1390. The third kappa shape index (κ3) is 5.56. The second-order valence-electron chi connectivity index (χ2n) is 11.0. The molecule has 1 fully saturated rings. The van der Waals surface area contributed by atoms with Gasteiger partial charge in [-0.1, -0.05) is 56.6 Å². The van der Waals surface area contributed by atoms with Crippen LogP contribution in [0, 0.1) is 0 Å². The van der Waals surface area contributed by atoms with Gasteiger partial charge < -0.3 is 4.90 Å². The molecule has 1 unspecified atom stereocenters. The topological polar surface area (TPSA) is 60.9 Å². The second kappa shape index (κ2) is 10.7. The van der Waals surface area contributed by atoms with Crippen molar-refractivity contribution in [1.82, 2.24) is 14.1 Å². The lowest BCUT2D eigenvalue weighted by atomic mass is 9.87. The Hall–Kier alpha value is -2.23. The molecular weight excluding hydrogens is 538 g/mol. The van der Waals surface area contributed by atoms with Gasteiger partial charge in [0.2, 0.25) is 15.9 Å². The lowest BCUT2D eigenvalue weighted by molar-refractivity contribution is -0.134. The van der Waals surface area contributed by atoms with Crippen molar-refractivity contribution in [2.75, 3.05) is 39.3 Å². The van der Waals surface area contributed by atoms with Crippen molar-refractivity contribution in [2.45, 2.75) is 43.5 Å². The Balaban J connectivity index is 1.25. The zero-order chi connectivity index (χ0) is 27.1. The normalized spacial score (nSPS) is 19.4. The maximum absolute atomic E-state index is 13.4. The molecule has 3 heterocycles. The van der Waals surface area contributed by atoms with Gasteiger partial charge in [0.15, 0.2) is 0 Å². The van der Waals surface area contributed by atoms with E-state index in [4.69, 9.17) is 11.6 Å². The number of hydrogen-bond donors (Lipinski definition) is 0. The third-order valence-electron chi connectivity index (χ3n) is 7.54. The lowest BCUT2D eigenvalue weighted by Gasteiger charge is -2.39. The van der Waals surface area contributed by atoms with Gasteiger partial charge in [-0.15, -0.1) is 11.3 Å². The SMILES string of the molecule is CC(C)(C)c1ccc(S(=O)(=O)N2CCN(C(=O)CN3CCc4sccc4C3c3ccc(Cl)cc3)CC2)cc1. The first-order valence-electron chi connectivity index (χ1n) is 13.0. The molecule has 0 aliphatic carbocycles. The largest absolute Gasteiger partial charge is 0.339 e. The van der Waals surface area contributed by atoms with E-state index in [1.165, 1.54) is 14.7 Å². The van der Waals surface area contributed by atoms with E-state index in [0.29, 0.717) is 42.6 Å². The van der Waals surface area contributed by atoms with Crippen molar-refractivity contribution >= 4 is 38.9 Å². The van der Waals surface area contributed by atoms with Crippen LogP contribution in [-0.4, -0.2) is 67.7 Å². The minimum absolute atomic E-state index is 0.00366. The maximum Gasteiger partial charge on any atom is 0.243 e. The number of sulfonamides is 1. The van der Waals surface area contributed by atoms with Crippen LogP contribution in [0.25, 0.3) is 0 Å². The van der Waals surface area contributed by atoms with Gasteiger partial charge >= 0.3 is 0 Å². The number of halogens is 1. The molecule has 2 aromatic carbocycles. The molecule has 0 spiro atoms. The number of rotatable bonds is 5. The Morgan fingerprint density at radius 2 is 1.61 bits per heavy atom. The molecular formula is C29H34ClN3O3S2. The fraction of sp³-hybridized carbons (Fsp3) is 0.414. The highest BCUT2D eigenvalue weighted by Gasteiger charge is 2.34. The molecule has 2 aliphatic heterocycles. The number of benzene rings is 2. The highest BCUT2D eigenvalue weighted by molar-refractivity contribution is 7.89. The smallest absolute Gasteiger partial charge is 0.243 e. The summed E-state index contributed by atoms with van der Waals surface area (Å²) in [6.45, 7) is 8.78. The van der Waals surface area contributed by atoms with E-state index in [0.717, 1.165) is 24.1 Å². The van der Waals surface area contributed by atoms with Crippen LogP contribution in [0.3, 0.4) is 0 Å². The molecule has 1 saturated heterocycles. The Morgan fingerprint density at radius 3 is 2.24 bits per heavy atom. The van der Waals surface area contributed by atoms with Crippen LogP contribution >= 0.6 is 22.9 Å². The van der Waals surface area contributed by atoms with Gasteiger partial charge in [-0.3, -0.25) is 9.69 Å². The molecule has 5 rings (SSSR count). The summed E-state index contributed by atoms with van der Waals surface area (Å²) in [5, 5.41) is 2.81. The Morgan fingerprint density at radius 1 is 0.947 bits per heavy atom. The van der Waals surface area contributed by atoms with E-state index < -0.39 is 10.0 Å². The van der Waals surface area contributed by atoms with Gasteiger partial charge in [-0.05, 0) is 64.2 Å². The van der Waals surface area contributed by atoms with Crippen LogP contribution in [0.15, 0.2) is 64.9 Å². The van der Waals surface area contributed by atoms with E-state index in [1.807, 2.05) is 36.4 Å². The number of carbonyl (C=O) groups is 1. The first kappa shape index (κ1) is 27.3. The minimum Gasteiger partial charge on any atom is -0.339 e. The fourth-order valence-electron chi connectivity index (χ4n) is 5.30. The first-order chi connectivity index (χ1) is 18.0. The fourth-order valence-corrected chi connectivity index (χ4v) is 7.75. The predicted molar refractivity (Wildman–Crippen MR) is 153 cm³/mol. The second-order valence-corrected chi connectivity index (χ2v) is 14.4. The van der Waals surface area contributed by atoms with E-state index in [2.05, 4.69) is 37.1 Å². The average Bonchev–Trinajstić information content (AvgIpc) is 3.38. The monoisotopic (exact) mass is 571 g/mol. The summed E-state index contributed by atoms with van der Waals surface area (Å²) in [4.78, 5) is 19.1. The number of nitrogens with zero attached hydrogens (tertiary/aromatic N) is 3. The van der Waals surface area contributed by atoms with Gasteiger partial charge in [0.1, 0.15) is 0 Å². The summed E-state index contributed by atoms with van der Waals surface area (Å²) in [5.74, 6) is 0.0363. The van der Waals surface area contributed by atoms with E-state index in [1.54, 1.807) is 28.4 Å². The zero-order valence-electron chi connectivity index (χ0n) is 22.1. The summed E-state index contributed by atoms with van der Waals surface area (Å²) in [5.41, 5.74) is 3.43. The molecule has 1 atom stereocenters. The molecule has 1 aromatic heterocycles. The molecule has 0 N–H and O–H groups in total. The summed E-state index contributed by atoms with van der Waals surface area (Å²) in [6, 6.07) is 17.2. The molecule has 0 radical (unpaired) electrons. The predicted octanol–water partition coefficient (Wildman–Crippen LogP) is 5.18. The molecule has 0 bridgehead atoms. The number of amides is 1. The Labute approximate surface area is 234 Å². The van der Waals surface area contributed by atoms with Crippen molar-refractivity contribution in [3.63, 3.8) is 0 Å². The van der Waals surface area contributed by atoms with Crippen LogP contribution in [0.2, 0.25) is 5.02 Å². The lowest BCUT2D eigenvalue weighted by Crippen LogP contribution is -2.53. The highest BCUT2D eigenvalue weighted by Crippen LogP contribution is 2.38. The Kier molecular flexibility index (Phi) is 7.73. The summed E-state index contributed by atoms with van der Waals surface area (Å²) in [7, 11) is -3.60. The van der Waals surface area contributed by atoms with Crippen molar-refractivity contribution < 1.29 is 13.2 Å². The van der Waals surface area contributed by atoms with Crippen LogP contribution in [-0.2, 0) is 26.7 Å². The summed E-state index contributed by atoms with van der Waals surface area (Å²) < 4.78 is 28.0. The van der Waals surface area contributed by atoms with Crippen LogP contribution in [0.5, 0.6) is 0 Å². The number of fused-ring (bicyclic) bond motifs is 1. The van der Waals surface area contributed by atoms with Gasteiger partial charge in [0, 0.05) is 42.6 Å². The average molecular weight is 572 g/mol. The standard InChI is InChI=1S/C29H34ClN3O3S2/c1-29(2,3)22-6-10-24(11-7-22)38(35,36)33-17-15-31(16-18-33)27(34)20-32-14-12-26-25(13-19-37-26)28(32)21-4-8-23(30)9-5-21/h4-11,13,19,28H,12,14-18,20H2,1-3H3. The number of hydrogen-bond acceptors (Lipinski definition) is 5.